The quantitative estimate of drug-likeness (QED) is 0.823. The monoisotopic (exact) mass is 242 g/mol. The van der Waals surface area contributed by atoms with Crippen molar-refractivity contribution in [2.24, 2.45) is 4.99 Å². The lowest BCUT2D eigenvalue weighted by Gasteiger charge is -2.14. The van der Waals surface area contributed by atoms with Crippen molar-refractivity contribution >= 4 is 33.4 Å². The van der Waals surface area contributed by atoms with Gasteiger partial charge in [-0.3, -0.25) is 4.99 Å². The Morgan fingerprint density at radius 2 is 1.94 bits per heavy atom. The van der Waals surface area contributed by atoms with Gasteiger partial charge in [-0.15, -0.1) is 0 Å². The smallest absolute Gasteiger partial charge is 0.161 e. The third kappa shape index (κ3) is 2.29. The summed E-state index contributed by atoms with van der Waals surface area (Å²) in [5.74, 6) is 1.16. The summed E-state index contributed by atoms with van der Waals surface area (Å²) in [5, 5.41) is 7.00. The summed E-state index contributed by atoms with van der Waals surface area (Å²) >= 11 is 1.81. The van der Waals surface area contributed by atoms with Gasteiger partial charge < -0.3 is 5.32 Å². The molecule has 2 aromatic rings. The number of hydrogen-bond donors (Lipinski definition) is 1. The summed E-state index contributed by atoms with van der Waals surface area (Å²) < 4.78 is 0. The molecule has 0 aliphatic carbocycles. The lowest BCUT2D eigenvalue weighted by atomic mass is 10.1. The van der Waals surface area contributed by atoms with Gasteiger partial charge >= 0.3 is 0 Å². The Hall–Kier alpha value is -1.48. The minimum absolute atomic E-state index is 0.945. The fraction of sp³-hybridized carbons (Fsp3) is 0.214. The van der Waals surface area contributed by atoms with Gasteiger partial charge in [0.25, 0.3) is 0 Å². The van der Waals surface area contributed by atoms with E-state index in [0.29, 0.717) is 0 Å². The van der Waals surface area contributed by atoms with Gasteiger partial charge in [-0.1, -0.05) is 48.2 Å². The number of thioether (sulfide) groups is 1. The van der Waals surface area contributed by atoms with Gasteiger partial charge in [0, 0.05) is 23.4 Å². The molecule has 0 unspecified atom stereocenters. The highest BCUT2D eigenvalue weighted by atomic mass is 32.2. The van der Waals surface area contributed by atoms with Gasteiger partial charge in [0.05, 0.1) is 0 Å². The maximum Gasteiger partial charge on any atom is 0.161 e. The van der Waals surface area contributed by atoms with E-state index in [1.54, 1.807) is 11.8 Å². The molecule has 0 radical (unpaired) electrons. The van der Waals surface area contributed by atoms with E-state index in [9.17, 15) is 0 Å². The van der Waals surface area contributed by atoms with Crippen LogP contribution in [0.1, 0.15) is 6.42 Å². The summed E-state index contributed by atoms with van der Waals surface area (Å²) in [4.78, 5) is 4.50. The van der Waals surface area contributed by atoms with Crippen LogP contribution in [-0.4, -0.2) is 17.5 Å². The first-order valence-electron chi connectivity index (χ1n) is 5.85. The molecular formula is C14H14N2S. The highest BCUT2D eigenvalue weighted by Crippen LogP contribution is 2.24. The number of fused-ring (bicyclic) bond motifs is 1. The van der Waals surface area contributed by atoms with E-state index >= 15 is 0 Å². The van der Waals surface area contributed by atoms with Crippen molar-refractivity contribution in [2.75, 3.05) is 17.6 Å². The predicted molar refractivity (Wildman–Crippen MR) is 76.9 cm³/mol. The molecule has 1 N–H and O–H groups in total. The molecule has 1 aliphatic heterocycles. The standard InChI is InChI=1S/C14H14N2S/c1-2-7-12-11(5-1)6-3-8-13(12)16-14-15-9-4-10-17-14/h1-3,5-8H,4,9-10H2,(H,15,16). The molecule has 17 heavy (non-hydrogen) atoms. The van der Waals surface area contributed by atoms with Gasteiger partial charge in [0.15, 0.2) is 5.17 Å². The fourth-order valence-electron chi connectivity index (χ4n) is 1.98. The minimum atomic E-state index is 0.945. The summed E-state index contributed by atoms with van der Waals surface area (Å²) in [5.41, 5.74) is 1.15. The second kappa shape index (κ2) is 4.80. The Morgan fingerprint density at radius 3 is 2.82 bits per heavy atom. The van der Waals surface area contributed by atoms with Crippen LogP contribution >= 0.6 is 11.8 Å². The maximum atomic E-state index is 4.50. The SMILES string of the molecule is c1ccc2c(NC3=NCCCS3)cccc2c1. The van der Waals surface area contributed by atoms with Crippen LogP contribution in [-0.2, 0) is 0 Å². The summed E-state index contributed by atoms with van der Waals surface area (Å²) in [7, 11) is 0. The molecule has 1 aliphatic rings. The number of aliphatic imine (C=N–C) groups is 1. The second-order valence-corrected chi connectivity index (χ2v) is 5.12. The number of benzene rings is 2. The molecular weight excluding hydrogens is 228 g/mol. The van der Waals surface area contributed by atoms with Crippen molar-refractivity contribution in [2.45, 2.75) is 6.42 Å². The molecule has 0 amide bonds. The summed E-state index contributed by atoms with van der Waals surface area (Å²) in [6.07, 6.45) is 1.19. The Balaban J connectivity index is 1.97. The maximum absolute atomic E-state index is 4.50. The van der Waals surface area contributed by atoms with Gasteiger partial charge in [-0.05, 0) is 17.9 Å². The predicted octanol–water partition coefficient (Wildman–Crippen LogP) is 3.74. The van der Waals surface area contributed by atoms with Crippen LogP contribution in [0.25, 0.3) is 10.8 Å². The zero-order chi connectivity index (χ0) is 11.5. The molecule has 0 spiro atoms. The molecule has 1 heterocycles. The van der Waals surface area contributed by atoms with Crippen molar-refractivity contribution in [3.05, 3.63) is 42.5 Å². The molecule has 0 atom stereocenters. The summed E-state index contributed by atoms with van der Waals surface area (Å²) in [6, 6.07) is 14.7. The van der Waals surface area contributed by atoms with E-state index < -0.39 is 0 Å². The second-order valence-electron chi connectivity index (χ2n) is 4.04. The fourth-order valence-corrected chi connectivity index (χ4v) is 2.82. The number of anilines is 1. The van der Waals surface area contributed by atoms with E-state index in [2.05, 4.69) is 52.8 Å². The van der Waals surface area contributed by atoms with Crippen LogP contribution in [0.15, 0.2) is 47.5 Å². The average Bonchev–Trinajstić information content (AvgIpc) is 2.40. The van der Waals surface area contributed by atoms with E-state index in [1.807, 2.05) is 0 Å². The Bertz CT molecular complexity index is 558. The van der Waals surface area contributed by atoms with Crippen molar-refractivity contribution < 1.29 is 0 Å². The van der Waals surface area contributed by atoms with Gasteiger partial charge in [0.2, 0.25) is 0 Å². The van der Waals surface area contributed by atoms with Gasteiger partial charge in [-0.2, -0.15) is 0 Å². The molecule has 0 bridgehead atoms. The first-order valence-corrected chi connectivity index (χ1v) is 6.84. The third-order valence-electron chi connectivity index (χ3n) is 2.83. The highest BCUT2D eigenvalue weighted by molar-refractivity contribution is 8.14. The Kier molecular flexibility index (Phi) is 3.01. The molecule has 2 nitrogen and oxygen atoms in total. The zero-order valence-corrected chi connectivity index (χ0v) is 10.3. The third-order valence-corrected chi connectivity index (χ3v) is 3.83. The van der Waals surface area contributed by atoms with Crippen LogP contribution in [0.4, 0.5) is 5.69 Å². The largest absolute Gasteiger partial charge is 0.334 e. The van der Waals surface area contributed by atoms with Crippen molar-refractivity contribution in [3.63, 3.8) is 0 Å². The normalized spacial score (nSPS) is 15.6. The van der Waals surface area contributed by atoms with Crippen LogP contribution in [0.2, 0.25) is 0 Å². The van der Waals surface area contributed by atoms with Crippen molar-refractivity contribution in [1.29, 1.82) is 0 Å². The van der Waals surface area contributed by atoms with E-state index in [-0.39, 0.29) is 0 Å². The number of rotatable bonds is 1. The van der Waals surface area contributed by atoms with Crippen LogP contribution in [0, 0.1) is 0 Å². The molecule has 86 valence electrons. The lowest BCUT2D eigenvalue weighted by molar-refractivity contribution is 0.938. The van der Waals surface area contributed by atoms with Crippen molar-refractivity contribution in [3.8, 4) is 0 Å². The lowest BCUT2D eigenvalue weighted by Crippen LogP contribution is -2.13. The number of nitrogens with one attached hydrogen (secondary N) is 1. The van der Waals surface area contributed by atoms with Crippen LogP contribution < -0.4 is 5.32 Å². The molecule has 3 rings (SSSR count). The van der Waals surface area contributed by atoms with Crippen LogP contribution in [0.5, 0.6) is 0 Å². The number of hydrogen-bond acceptors (Lipinski definition) is 3. The van der Waals surface area contributed by atoms with E-state index in [1.165, 1.54) is 17.2 Å². The number of nitrogens with zero attached hydrogens (tertiary/aromatic N) is 1. The number of amidine groups is 1. The molecule has 3 heteroatoms. The van der Waals surface area contributed by atoms with Crippen LogP contribution in [0.3, 0.4) is 0 Å². The Morgan fingerprint density at radius 1 is 1.06 bits per heavy atom. The molecule has 0 fully saturated rings. The van der Waals surface area contributed by atoms with Crippen molar-refractivity contribution in [1.82, 2.24) is 0 Å². The zero-order valence-electron chi connectivity index (χ0n) is 9.52. The van der Waals surface area contributed by atoms with E-state index in [4.69, 9.17) is 0 Å². The Labute approximate surface area is 105 Å². The van der Waals surface area contributed by atoms with Gasteiger partial charge in [-0.25, -0.2) is 0 Å². The highest BCUT2D eigenvalue weighted by Gasteiger charge is 2.07. The molecule has 0 saturated carbocycles. The molecule has 0 saturated heterocycles. The van der Waals surface area contributed by atoms with E-state index in [0.717, 1.165) is 23.2 Å². The molecule has 2 aromatic carbocycles. The van der Waals surface area contributed by atoms with Gasteiger partial charge in [0.1, 0.15) is 0 Å². The average molecular weight is 242 g/mol. The minimum Gasteiger partial charge on any atom is -0.334 e. The first-order chi connectivity index (χ1) is 8.43. The summed E-state index contributed by atoms with van der Waals surface area (Å²) in [6.45, 7) is 0.945. The topological polar surface area (TPSA) is 24.4 Å². The first kappa shape index (κ1) is 10.7. The molecule has 0 aromatic heterocycles.